The number of halogens is 1. The van der Waals surface area contributed by atoms with Gasteiger partial charge in [-0.15, -0.1) is 0 Å². The molecule has 0 aliphatic carbocycles. The van der Waals surface area contributed by atoms with Gasteiger partial charge in [0.1, 0.15) is 0 Å². The molecular weight excluding hydrogens is 418 g/mol. The van der Waals surface area contributed by atoms with Gasteiger partial charge in [-0.2, -0.15) is 0 Å². The van der Waals surface area contributed by atoms with Crippen LogP contribution in [0.3, 0.4) is 0 Å². The lowest BCUT2D eigenvalue weighted by Gasteiger charge is -2.11. The van der Waals surface area contributed by atoms with Crippen molar-refractivity contribution in [3.63, 3.8) is 0 Å². The molecule has 0 aliphatic heterocycles. The lowest BCUT2D eigenvalue weighted by atomic mass is 10.1. The molecule has 4 aromatic rings. The van der Waals surface area contributed by atoms with Gasteiger partial charge in [-0.1, -0.05) is 54.9 Å². The highest BCUT2D eigenvalue weighted by atomic mass is 35.5. The number of nitrogens with zero attached hydrogens (tertiary/aromatic N) is 1. The van der Waals surface area contributed by atoms with Gasteiger partial charge >= 0.3 is 0 Å². The van der Waals surface area contributed by atoms with Crippen LogP contribution in [0.4, 0.5) is 0 Å². The summed E-state index contributed by atoms with van der Waals surface area (Å²) < 4.78 is 28.4. The molecule has 6 heteroatoms. The van der Waals surface area contributed by atoms with Crippen molar-refractivity contribution in [2.45, 2.75) is 24.0 Å². The smallest absolute Gasteiger partial charge is 0.183 e. The molecule has 0 amide bonds. The monoisotopic (exact) mass is 437 g/mol. The third-order valence-electron chi connectivity index (χ3n) is 5.16. The van der Waals surface area contributed by atoms with E-state index >= 15 is 0 Å². The number of hydrogen-bond donors (Lipinski definition) is 0. The van der Waals surface area contributed by atoms with Gasteiger partial charge in [0, 0.05) is 27.9 Å². The summed E-state index contributed by atoms with van der Waals surface area (Å²) in [6.07, 6.45) is 3.50. The number of aldehydes is 1. The van der Waals surface area contributed by atoms with Crippen molar-refractivity contribution < 1.29 is 13.2 Å². The number of sulfone groups is 1. The number of carbonyl (C=O) groups is 1. The second-order valence-corrected chi connectivity index (χ2v) is 9.53. The summed E-state index contributed by atoms with van der Waals surface area (Å²) in [7, 11) is -3.67. The molecule has 0 bridgehead atoms. The van der Waals surface area contributed by atoms with E-state index in [1.54, 1.807) is 28.7 Å². The summed E-state index contributed by atoms with van der Waals surface area (Å²) >= 11 is 6.23. The summed E-state index contributed by atoms with van der Waals surface area (Å²) in [6, 6.07) is 19.5. The average Bonchev–Trinajstić information content (AvgIpc) is 3.11. The van der Waals surface area contributed by atoms with Crippen molar-refractivity contribution in [2.75, 3.05) is 0 Å². The van der Waals surface area contributed by atoms with Crippen molar-refractivity contribution in [3.8, 4) is 11.1 Å². The number of hydrogen-bond acceptors (Lipinski definition) is 3. The number of rotatable bonds is 6. The van der Waals surface area contributed by atoms with Crippen LogP contribution in [0.5, 0.6) is 0 Å². The fourth-order valence-corrected chi connectivity index (χ4v) is 5.37. The van der Waals surface area contributed by atoms with Crippen molar-refractivity contribution >= 4 is 33.2 Å². The summed E-state index contributed by atoms with van der Waals surface area (Å²) in [6.45, 7) is 2.04. The number of aromatic nitrogens is 1. The highest BCUT2D eigenvalue weighted by Crippen LogP contribution is 2.35. The van der Waals surface area contributed by atoms with Gasteiger partial charge < -0.3 is 4.40 Å². The van der Waals surface area contributed by atoms with Crippen LogP contribution in [0.25, 0.3) is 16.6 Å². The van der Waals surface area contributed by atoms with E-state index in [1.165, 1.54) is 6.07 Å². The zero-order valence-corrected chi connectivity index (χ0v) is 18.0. The molecule has 0 N–H and O–H groups in total. The number of pyridine rings is 1. The molecule has 2 aromatic heterocycles. The van der Waals surface area contributed by atoms with Gasteiger partial charge in [-0.05, 0) is 47.9 Å². The molecule has 2 heterocycles. The van der Waals surface area contributed by atoms with Gasteiger partial charge in [0.2, 0.25) is 0 Å². The molecule has 4 nitrogen and oxygen atoms in total. The van der Waals surface area contributed by atoms with Gasteiger partial charge in [-0.3, -0.25) is 4.79 Å². The van der Waals surface area contributed by atoms with Crippen molar-refractivity contribution in [1.82, 2.24) is 4.40 Å². The average molecular weight is 438 g/mol. The SMILES string of the molecule is CCc1ccc2cc(-c3cc(Cl)ccc3S(=O)(=O)Cc3ccccc3)c(C=O)n2c1. The van der Waals surface area contributed by atoms with Crippen LogP contribution < -0.4 is 0 Å². The van der Waals surface area contributed by atoms with Crippen LogP contribution in [0.2, 0.25) is 5.02 Å². The maximum atomic E-state index is 13.3. The summed E-state index contributed by atoms with van der Waals surface area (Å²) in [5, 5.41) is 0.407. The highest BCUT2D eigenvalue weighted by Gasteiger charge is 2.23. The first-order valence-corrected chi connectivity index (χ1v) is 11.6. The first kappa shape index (κ1) is 20.4. The third kappa shape index (κ3) is 3.78. The topological polar surface area (TPSA) is 55.6 Å². The predicted molar refractivity (Wildman–Crippen MR) is 120 cm³/mol. The second-order valence-electron chi connectivity index (χ2n) is 7.13. The van der Waals surface area contributed by atoms with Crippen molar-refractivity contribution in [1.29, 1.82) is 0 Å². The van der Waals surface area contributed by atoms with E-state index in [2.05, 4.69) is 0 Å². The molecule has 0 unspecified atom stereocenters. The molecular formula is C24H20ClNO3S. The molecule has 152 valence electrons. The van der Waals surface area contributed by atoms with Crippen LogP contribution in [0.1, 0.15) is 28.5 Å². The number of aryl methyl sites for hydroxylation is 1. The molecule has 0 saturated carbocycles. The van der Waals surface area contributed by atoms with Crippen LogP contribution in [-0.4, -0.2) is 19.1 Å². The van der Waals surface area contributed by atoms with Gasteiger partial charge in [0.15, 0.2) is 16.1 Å². The fraction of sp³-hybridized carbons (Fsp3) is 0.125. The van der Waals surface area contributed by atoms with Crippen LogP contribution in [0.15, 0.2) is 77.8 Å². The van der Waals surface area contributed by atoms with E-state index in [0.29, 0.717) is 27.4 Å². The van der Waals surface area contributed by atoms with Gasteiger partial charge in [-0.25, -0.2) is 8.42 Å². The number of carbonyl (C=O) groups excluding carboxylic acids is 1. The lowest BCUT2D eigenvalue weighted by Crippen LogP contribution is -2.07. The molecule has 0 spiro atoms. The quantitative estimate of drug-likeness (QED) is 0.368. The van der Waals surface area contributed by atoms with Gasteiger partial charge in [0.05, 0.1) is 16.3 Å². The standard InChI is InChI=1S/C24H20ClNO3S/c1-2-17-8-10-20-13-21(23(15-27)26(20)14-17)22-12-19(25)9-11-24(22)30(28,29)16-18-6-4-3-5-7-18/h3-15H,2,16H2,1H3. The predicted octanol–water partition coefficient (Wildman–Crippen LogP) is 5.61. The Morgan fingerprint density at radius 2 is 1.70 bits per heavy atom. The van der Waals surface area contributed by atoms with Crippen LogP contribution >= 0.6 is 11.6 Å². The van der Waals surface area contributed by atoms with E-state index in [4.69, 9.17) is 11.6 Å². The van der Waals surface area contributed by atoms with Crippen LogP contribution in [0, 0.1) is 0 Å². The first-order chi connectivity index (χ1) is 14.4. The van der Waals surface area contributed by atoms with E-state index < -0.39 is 9.84 Å². The molecule has 2 aromatic carbocycles. The summed E-state index contributed by atoms with van der Waals surface area (Å²) in [5.41, 5.74) is 3.98. The van der Waals surface area contributed by atoms with Crippen molar-refractivity contribution in [3.05, 3.63) is 94.8 Å². The Balaban J connectivity index is 1.92. The minimum atomic E-state index is -3.67. The lowest BCUT2D eigenvalue weighted by molar-refractivity contribution is 0.111. The number of benzene rings is 2. The summed E-state index contributed by atoms with van der Waals surface area (Å²) in [5.74, 6) is -0.133. The maximum absolute atomic E-state index is 13.3. The van der Waals surface area contributed by atoms with E-state index in [0.717, 1.165) is 23.8 Å². The minimum absolute atomic E-state index is 0.133. The fourth-order valence-electron chi connectivity index (χ4n) is 3.63. The van der Waals surface area contributed by atoms with Crippen molar-refractivity contribution in [2.24, 2.45) is 0 Å². The first-order valence-electron chi connectivity index (χ1n) is 9.58. The number of fused-ring (bicyclic) bond motifs is 1. The Kier molecular flexibility index (Phi) is 5.50. The van der Waals surface area contributed by atoms with E-state index in [1.807, 2.05) is 49.5 Å². The Labute approximate surface area is 180 Å². The summed E-state index contributed by atoms with van der Waals surface area (Å²) in [4.78, 5) is 12.2. The maximum Gasteiger partial charge on any atom is 0.183 e. The Morgan fingerprint density at radius 3 is 2.40 bits per heavy atom. The van der Waals surface area contributed by atoms with Gasteiger partial charge in [0.25, 0.3) is 0 Å². The van der Waals surface area contributed by atoms with E-state index in [-0.39, 0.29) is 10.6 Å². The Morgan fingerprint density at radius 1 is 0.933 bits per heavy atom. The van der Waals surface area contributed by atoms with Crippen LogP contribution in [-0.2, 0) is 22.0 Å². The molecule has 0 atom stereocenters. The molecule has 0 radical (unpaired) electrons. The molecule has 0 fully saturated rings. The third-order valence-corrected chi connectivity index (χ3v) is 7.13. The molecule has 30 heavy (non-hydrogen) atoms. The second kappa shape index (κ2) is 8.09. The zero-order chi connectivity index (χ0) is 21.3. The van der Waals surface area contributed by atoms with E-state index in [9.17, 15) is 13.2 Å². The molecule has 0 aliphatic rings. The largest absolute Gasteiger partial charge is 0.313 e. The molecule has 0 saturated heterocycles. The Hall–Kier alpha value is -2.89. The zero-order valence-electron chi connectivity index (χ0n) is 16.4. The normalized spacial score (nSPS) is 11.7. The minimum Gasteiger partial charge on any atom is -0.313 e. The highest BCUT2D eigenvalue weighted by molar-refractivity contribution is 7.90. The molecule has 4 rings (SSSR count). The Bertz CT molecular complexity index is 1340.